The fourth-order valence-electron chi connectivity index (χ4n) is 3.02. The minimum atomic E-state index is -0.352. The normalized spacial score (nSPS) is 24.3. The van der Waals surface area contributed by atoms with Crippen molar-refractivity contribution in [2.75, 3.05) is 13.7 Å². The van der Waals surface area contributed by atoms with Crippen molar-refractivity contribution in [1.29, 1.82) is 0 Å². The van der Waals surface area contributed by atoms with Gasteiger partial charge < -0.3 is 9.47 Å². The van der Waals surface area contributed by atoms with Gasteiger partial charge >= 0.3 is 0 Å². The highest BCUT2D eigenvalue weighted by Gasteiger charge is 2.44. The Kier molecular flexibility index (Phi) is 3.45. The van der Waals surface area contributed by atoms with Crippen molar-refractivity contribution in [1.82, 2.24) is 5.01 Å². The van der Waals surface area contributed by atoms with Gasteiger partial charge in [-0.2, -0.15) is 5.10 Å². The van der Waals surface area contributed by atoms with Crippen LogP contribution < -0.4 is 4.74 Å². The van der Waals surface area contributed by atoms with Gasteiger partial charge in [0.15, 0.2) is 0 Å². The number of hydrazone groups is 1. The number of methoxy groups -OCH3 is 1. The van der Waals surface area contributed by atoms with Gasteiger partial charge in [0.1, 0.15) is 5.75 Å². The molecule has 0 spiro atoms. The van der Waals surface area contributed by atoms with Crippen molar-refractivity contribution in [3.05, 3.63) is 29.8 Å². The zero-order valence-electron chi connectivity index (χ0n) is 12.6. The molecule has 112 valence electrons. The van der Waals surface area contributed by atoms with Crippen LogP contribution in [0.25, 0.3) is 0 Å². The average molecular weight is 288 g/mol. The summed E-state index contributed by atoms with van der Waals surface area (Å²) >= 11 is 0. The van der Waals surface area contributed by atoms with E-state index in [1.165, 1.54) is 0 Å². The average Bonchev–Trinajstić information content (AvgIpc) is 3.00. The molecule has 2 aliphatic heterocycles. The van der Waals surface area contributed by atoms with E-state index in [-0.39, 0.29) is 17.6 Å². The molecule has 2 heterocycles. The maximum atomic E-state index is 12.3. The molecule has 2 aliphatic rings. The zero-order valence-corrected chi connectivity index (χ0v) is 12.6. The highest BCUT2D eigenvalue weighted by molar-refractivity contribution is 6.15. The summed E-state index contributed by atoms with van der Waals surface area (Å²) in [6.07, 6.45) is 1.13. The molecule has 5 nitrogen and oxygen atoms in total. The molecule has 1 saturated heterocycles. The molecule has 21 heavy (non-hydrogen) atoms. The minimum absolute atomic E-state index is 0.00259. The number of carbonyl (C=O) groups excluding carboxylic acids is 1. The molecule has 1 amide bonds. The van der Waals surface area contributed by atoms with Crippen LogP contribution >= 0.6 is 0 Å². The Hall–Kier alpha value is -1.88. The summed E-state index contributed by atoms with van der Waals surface area (Å²) in [6.45, 7) is 4.68. The third-order valence-electron chi connectivity index (χ3n) is 4.18. The van der Waals surface area contributed by atoms with E-state index in [0.29, 0.717) is 13.0 Å². The van der Waals surface area contributed by atoms with Crippen molar-refractivity contribution in [3.8, 4) is 5.75 Å². The van der Waals surface area contributed by atoms with Gasteiger partial charge in [0.05, 0.1) is 30.9 Å². The number of hydrogen-bond acceptors (Lipinski definition) is 4. The monoisotopic (exact) mass is 288 g/mol. The van der Waals surface area contributed by atoms with Crippen LogP contribution in [0.4, 0.5) is 0 Å². The quantitative estimate of drug-likeness (QED) is 0.856. The molecule has 0 radical (unpaired) electrons. The number of amides is 1. The molecule has 0 N–H and O–H groups in total. The lowest BCUT2D eigenvalue weighted by atomic mass is 9.98. The van der Waals surface area contributed by atoms with E-state index in [1.807, 2.05) is 38.1 Å². The maximum absolute atomic E-state index is 12.3. The van der Waals surface area contributed by atoms with Gasteiger partial charge in [-0.15, -0.1) is 0 Å². The Morgan fingerprint density at radius 1 is 1.38 bits per heavy atom. The number of benzene rings is 1. The topological polar surface area (TPSA) is 51.1 Å². The van der Waals surface area contributed by atoms with Crippen LogP contribution in [-0.2, 0) is 9.53 Å². The van der Waals surface area contributed by atoms with Gasteiger partial charge in [-0.3, -0.25) is 4.79 Å². The van der Waals surface area contributed by atoms with E-state index < -0.39 is 0 Å². The van der Waals surface area contributed by atoms with Crippen LogP contribution in [0.15, 0.2) is 29.4 Å². The van der Waals surface area contributed by atoms with Gasteiger partial charge in [-0.25, -0.2) is 5.01 Å². The van der Waals surface area contributed by atoms with E-state index in [4.69, 9.17) is 9.47 Å². The smallest absolute Gasteiger partial charge is 0.249 e. The molecular weight excluding hydrogens is 268 g/mol. The first kappa shape index (κ1) is 14.1. The SMILES string of the molecule is COc1ccccc1C1=NN(C2CCOC2(C)C)C(=O)C1. The molecule has 0 aliphatic carbocycles. The second kappa shape index (κ2) is 5.15. The summed E-state index contributed by atoms with van der Waals surface area (Å²) in [7, 11) is 1.63. The molecule has 0 saturated carbocycles. The van der Waals surface area contributed by atoms with E-state index in [2.05, 4.69) is 5.10 Å². The number of nitrogens with zero attached hydrogens (tertiary/aromatic N) is 2. The summed E-state index contributed by atoms with van der Waals surface area (Å²) in [5.41, 5.74) is 1.29. The van der Waals surface area contributed by atoms with Gasteiger partial charge in [0, 0.05) is 12.2 Å². The highest BCUT2D eigenvalue weighted by atomic mass is 16.5. The molecule has 5 heteroatoms. The molecule has 1 unspecified atom stereocenters. The summed E-state index contributed by atoms with van der Waals surface area (Å²) in [5.74, 6) is 0.771. The molecule has 0 bridgehead atoms. The van der Waals surface area contributed by atoms with Crippen LogP contribution in [0, 0.1) is 0 Å². The molecule has 1 aromatic rings. The van der Waals surface area contributed by atoms with Crippen molar-refractivity contribution in [2.45, 2.75) is 38.3 Å². The van der Waals surface area contributed by atoms with Gasteiger partial charge in [0.2, 0.25) is 5.91 Å². The first-order chi connectivity index (χ1) is 10.0. The largest absolute Gasteiger partial charge is 0.496 e. The van der Waals surface area contributed by atoms with Gasteiger partial charge in [-0.05, 0) is 32.4 Å². The summed E-state index contributed by atoms with van der Waals surface area (Å²) in [4.78, 5) is 12.3. The highest BCUT2D eigenvalue weighted by Crippen LogP contribution is 2.33. The lowest BCUT2D eigenvalue weighted by Gasteiger charge is -2.30. The Labute approximate surface area is 124 Å². The second-order valence-corrected chi connectivity index (χ2v) is 5.92. The fourth-order valence-corrected chi connectivity index (χ4v) is 3.02. The number of para-hydroxylation sites is 1. The number of hydrogen-bond donors (Lipinski definition) is 0. The number of rotatable bonds is 3. The van der Waals surface area contributed by atoms with Gasteiger partial charge in [-0.1, -0.05) is 12.1 Å². The maximum Gasteiger partial charge on any atom is 0.249 e. The van der Waals surface area contributed by atoms with E-state index in [1.54, 1.807) is 12.1 Å². The van der Waals surface area contributed by atoms with Crippen LogP contribution in [0.3, 0.4) is 0 Å². The Balaban J connectivity index is 1.92. The summed E-state index contributed by atoms with van der Waals surface area (Å²) in [6, 6.07) is 7.65. The molecular formula is C16H20N2O3. The van der Waals surface area contributed by atoms with Crippen molar-refractivity contribution >= 4 is 11.6 Å². The van der Waals surface area contributed by atoms with Crippen molar-refractivity contribution in [2.24, 2.45) is 5.10 Å². The van der Waals surface area contributed by atoms with Crippen LogP contribution in [0.2, 0.25) is 0 Å². The van der Waals surface area contributed by atoms with Crippen LogP contribution in [-0.4, -0.2) is 42.0 Å². The predicted molar refractivity (Wildman–Crippen MR) is 79.4 cm³/mol. The molecule has 3 rings (SSSR count). The van der Waals surface area contributed by atoms with Crippen molar-refractivity contribution < 1.29 is 14.3 Å². The lowest BCUT2D eigenvalue weighted by Crippen LogP contribution is -2.45. The number of ether oxygens (including phenoxy) is 2. The molecule has 1 atom stereocenters. The Morgan fingerprint density at radius 3 is 2.81 bits per heavy atom. The first-order valence-corrected chi connectivity index (χ1v) is 7.20. The van der Waals surface area contributed by atoms with Crippen LogP contribution in [0.1, 0.15) is 32.3 Å². The third kappa shape index (κ3) is 2.42. The van der Waals surface area contributed by atoms with Crippen molar-refractivity contribution in [3.63, 3.8) is 0 Å². The fraction of sp³-hybridized carbons (Fsp3) is 0.500. The van der Waals surface area contributed by atoms with E-state index in [0.717, 1.165) is 23.4 Å². The lowest BCUT2D eigenvalue weighted by molar-refractivity contribution is -0.134. The zero-order chi connectivity index (χ0) is 15.0. The Bertz CT molecular complexity index is 595. The van der Waals surface area contributed by atoms with Gasteiger partial charge in [0.25, 0.3) is 0 Å². The standard InChI is InChI=1S/C16H20N2O3/c1-16(2)14(8-9-21-16)18-15(19)10-12(17-18)11-6-4-5-7-13(11)20-3/h4-7,14H,8-10H2,1-3H3. The Morgan fingerprint density at radius 2 is 2.14 bits per heavy atom. The molecule has 1 aromatic carbocycles. The van der Waals surface area contributed by atoms with E-state index in [9.17, 15) is 4.79 Å². The molecule has 1 fully saturated rings. The molecule has 0 aromatic heterocycles. The summed E-state index contributed by atoms with van der Waals surface area (Å²) < 4.78 is 11.1. The third-order valence-corrected chi connectivity index (χ3v) is 4.18. The minimum Gasteiger partial charge on any atom is -0.496 e. The second-order valence-electron chi connectivity index (χ2n) is 5.92. The van der Waals surface area contributed by atoms with E-state index >= 15 is 0 Å². The van der Waals surface area contributed by atoms with Crippen LogP contribution in [0.5, 0.6) is 5.75 Å². The number of carbonyl (C=O) groups is 1. The predicted octanol–water partition coefficient (Wildman–Crippen LogP) is 2.20. The first-order valence-electron chi connectivity index (χ1n) is 7.20. The summed E-state index contributed by atoms with van der Waals surface area (Å²) in [5, 5.41) is 6.17.